The number of methoxy groups -OCH3 is 1. The van der Waals surface area contributed by atoms with Crippen LogP contribution in [0.4, 0.5) is 0 Å². The summed E-state index contributed by atoms with van der Waals surface area (Å²) in [7, 11) is 3.61. The fraction of sp³-hybridized carbons (Fsp3) is 0.500. The average Bonchev–Trinajstić information content (AvgIpc) is 2.27. The quantitative estimate of drug-likeness (QED) is 0.781. The van der Waals surface area contributed by atoms with Gasteiger partial charge in [-0.2, -0.15) is 0 Å². The first kappa shape index (κ1) is 13.6. The number of rotatable bonds is 7. The summed E-state index contributed by atoms with van der Waals surface area (Å²) in [5.41, 5.74) is 2.42. The maximum absolute atomic E-state index is 5.47. The second-order valence-corrected chi connectivity index (χ2v) is 4.36. The molecule has 0 aromatic heterocycles. The van der Waals surface area contributed by atoms with E-state index in [9.17, 15) is 0 Å². The highest BCUT2D eigenvalue weighted by Gasteiger charge is 2.01. The van der Waals surface area contributed by atoms with Gasteiger partial charge in [-0.3, -0.25) is 0 Å². The summed E-state index contributed by atoms with van der Waals surface area (Å²) in [6.07, 6.45) is 0. The van der Waals surface area contributed by atoms with Gasteiger partial charge in [0.05, 0.1) is 19.8 Å². The zero-order valence-corrected chi connectivity index (χ0v) is 11.3. The third-order valence-corrected chi connectivity index (χ3v) is 2.93. The van der Waals surface area contributed by atoms with Gasteiger partial charge in [-0.25, -0.2) is 0 Å². The minimum absolute atomic E-state index is 0.615. The van der Waals surface area contributed by atoms with Gasteiger partial charge in [0.2, 0.25) is 0 Å². The SMILES string of the molecule is CNCc1ccc(COCCOC)c(Br)c1. The number of halogens is 1. The van der Waals surface area contributed by atoms with Crippen LogP contribution in [-0.4, -0.2) is 27.4 Å². The van der Waals surface area contributed by atoms with Crippen LogP contribution in [0.5, 0.6) is 0 Å². The van der Waals surface area contributed by atoms with Gasteiger partial charge in [-0.1, -0.05) is 28.1 Å². The topological polar surface area (TPSA) is 30.5 Å². The molecule has 0 fully saturated rings. The summed E-state index contributed by atoms with van der Waals surface area (Å²) in [5.74, 6) is 0. The number of benzene rings is 1. The van der Waals surface area contributed by atoms with Crippen molar-refractivity contribution in [1.29, 1.82) is 0 Å². The Morgan fingerprint density at radius 3 is 2.75 bits per heavy atom. The van der Waals surface area contributed by atoms with Gasteiger partial charge in [0.15, 0.2) is 0 Å². The molecule has 0 amide bonds. The molecule has 0 heterocycles. The molecular weight excluding hydrogens is 270 g/mol. The Kier molecular flexibility index (Phi) is 6.64. The van der Waals surface area contributed by atoms with Crippen molar-refractivity contribution in [3.05, 3.63) is 33.8 Å². The van der Waals surface area contributed by atoms with Gasteiger partial charge in [0, 0.05) is 18.1 Å². The average molecular weight is 288 g/mol. The summed E-state index contributed by atoms with van der Waals surface area (Å²) in [4.78, 5) is 0. The third-order valence-electron chi connectivity index (χ3n) is 2.19. The molecule has 0 spiro atoms. The fourth-order valence-corrected chi connectivity index (χ4v) is 1.89. The van der Waals surface area contributed by atoms with Gasteiger partial charge in [0.25, 0.3) is 0 Å². The molecule has 1 aromatic rings. The van der Waals surface area contributed by atoms with Crippen LogP contribution in [0.1, 0.15) is 11.1 Å². The Balaban J connectivity index is 2.47. The molecule has 0 aliphatic rings. The molecule has 0 saturated heterocycles. The first-order valence-corrected chi connectivity index (χ1v) is 6.05. The molecule has 3 nitrogen and oxygen atoms in total. The predicted octanol–water partition coefficient (Wildman–Crippen LogP) is 2.33. The zero-order valence-electron chi connectivity index (χ0n) is 9.75. The summed E-state index contributed by atoms with van der Waals surface area (Å²) in [6.45, 7) is 2.75. The van der Waals surface area contributed by atoms with Crippen LogP contribution in [0.2, 0.25) is 0 Å². The Hall–Kier alpha value is -0.420. The monoisotopic (exact) mass is 287 g/mol. The van der Waals surface area contributed by atoms with Crippen LogP contribution >= 0.6 is 15.9 Å². The standard InChI is InChI=1S/C12H18BrNO2/c1-14-8-10-3-4-11(12(13)7-10)9-16-6-5-15-2/h3-4,7,14H,5-6,8-9H2,1-2H3. The Labute approximate surface area is 105 Å². The van der Waals surface area contributed by atoms with Crippen molar-refractivity contribution in [3.63, 3.8) is 0 Å². The van der Waals surface area contributed by atoms with Gasteiger partial charge in [-0.05, 0) is 24.2 Å². The summed E-state index contributed by atoms with van der Waals surface area (Å²) >= 11 is 3.55. The molecule has 4 heteroatoms. The lowest BCUT2D eigenvalue weighted by atomic mass is 10.1. The zero-order chi connectivity index (χ0) is 11.8. The highest BCUT2D eigenvalue weighted by Crippen LogP contribution is 2.19. The number of hydrogen-bond acceptors (Lipinski definition) is 3. The van der Waals surface area contributed by atoms with E-state index < -0.39 is 0 Å². The van der Waals surface area contributed by atoms with E-state index >= 15 is 0 Å². The van der Waals surface area contributed by atoms with Crippen LogP contribution in [0.25, 0.3) is 0 Å². The molecule has 1 N–H and O–H groups in total. The van der Waals surface area contributed by atoms with E-state index in [0.717, 1.165) is 16.6 Å². The van der Waals surface area contributed by atoms with Crippen LogP contribution in [0.3, 0.4) is 0 Å². The van der Waals surface area contributed by atoms with Crippen molar-refractivity contribution in [1.82, 2.24) is 5.32 Å². The fourth-order valence-electron chi connectivity index (χ4n) is 1.35. The second kappa shape index (κ2) is 7.79. The van der Waals surface area contributed by atoms with E-state index in [4.69, 9.17) is 9.47 Å². The highest BCUT2D eigenvalue weighted by molar-refractivity contribution is 9.10. The first-order valence-electron chi connectivity index (χ1n) is 5.26. The maximum Gasteiger partial charge on any atom is 0.0728 e. The summed E-state index contributed by atoms with van der Waals surface area (Å²) in [5, 5.41) is 3.12. The van der Waals surface area contributed by atoms with Crippen molar-refractivity contribution >= 4 is 15.9 Å². The Morgan fingerprint density at radius 1 is 1.31 bits per heavy atom. The largest absolute Gasteiger partial charge is 0.382 e. The smallest absolute Gasteiger partial charge is 0.0728 e. The molecule has 16 heavy (non-hydrogen) atoms. The van der Waals surface area contributed by atoms with Crippen molar-refractivity contribution in [2.45, 2.75) is 13.2 Å². The minimum Gasteiger partial charge on any atom is -0.382 e. The predicted molar refractivity (Wildman–Crippen MR) is 68.4 cm³/mol. The van der Waals surface area contributed by atoms with Gasteiger partial charge in [-0.15, -0.1) is 0 Å². The van der Waals surface area contributed by atoms with Gasteiger partial charge >= 0.3 is 0 Å². The molecule has 0 aliphatic carbocycles. The van der Waals surface area contributed by atoms with Crippen LogP contribution in [0.15, 0.2) is 22.7 Å². The van der Waals surface area contributed by atoms with Crippen LogP contribution in [0, 0.1) is 0 Å². The molecule has 0 bridgehead atoms. The van der Waals surface area contributed by atoms with E-state index in [1.54, 1.807) is 7.11 Å². The second-order valence-electron chi connectivity index (χ2n) is 3.50. The maximum atomic E-state index is 5.47. The van der Waals surface area contributed by atoms with E-state index in [0.29, 0.717) is 19.8 Å². The lowest BCUT2D eigenvalue weighted by Crippen LogP contribution is -2.06. The molecule has 0 radical (unpaired) electrons. The molecular formula is C12H18BrNO2. The van der Waals surface area contributed by atoms with Gasteiger partial charge in [0.1, 0.15) is 0 Å². The molecule has 90 valence electrons. The van der Waals surface area contributed by atoms with Gasteiger partial charge < -0.3 is 14.8 Å². The lowest BCUT2D eigenvalue weighted by Gasteiger charge is -2.08. The van der Waals surface area contributed by atoms with Crippen molar-refractivity contribution in [3.8, 4) is 0 Å². The first-order chi connectivity index (χ1) is 7.77. The molecule has 1 rings (SSSR count). The lowest BCUT2D eigenvalue weighted by molar-refractivity contribution is 0.0614. The normalized spacial score (nSPS) is 10.7. The summed E-state index contributed by atoms with van der Waals surface area (Å²) < 4.78 is 11.5. The van der Waals surface area contributed by atoms with E-state index in [1.807, 2.05) is 7.05 Å². The highest BCUT2D eigenvalue weighted by atomic mass is 79.9. The van der Waals surface area contributed by atoms with E-state index in [1.165, 1.54) is 5.56 Å². The van der Waals surface area contributed by atoms with Crippen molar-refractivity contribution in [2.24, 2.45) is 0 Å². The van der Waals surface area contributed by atoms with Crippen LogP contribution in [-0.2, 0) is 22.6 Å². The Bertz CT molecular complexity index is 318. The molecule has 0 aliphatic heterocycles. The third kappa shape index (κ3) is 4.61. The number of ether oxygens (including phenoxy) is 2. The molecule has 1 aromatic carbocycles. The number of nitrogens with one attached hydrogen (secondary N) is 1. The molecule has 0 atom stereocenters. The van der Waals surface area contributed by atoms with E-state index in [-0.39, 0.29) is 0 Å². The minimum atomic E-state index is 0.615. The molecule has 0 unspecified atom stereocenters. The van der Waals surface area contributed by atoms with Crippen molar-refractivity contribution in [2.75, 3.05) is 27.4 Å². The van der Waals surface area contributed by atoms with Crippen molar-refractivity contribution < 1.29 is 9.47 Å². The summed E-state index contributed by atoms with van der Waals surface area (Å²) in [6, 6.07) is 6.31. The molecule has 0 saturated carbocycles. The van der Waals surface area contributed by atoms with E-state index in [2.05, 4.69) is 39.4 Å². The Morgan fingerprint density at radius 2 is 2.12 bits per heavy atom. The number of hydrogen-bond donors (Lipinski definition) is 1. The van der Waals surface area contributed by atoms with Crippen LogP contribution < -0.4 is 5.32 Å².